The van der Waals surface area contributed by atoms with E-state index < -0.39 is 0 Å². The van der Waals surface area contributed by atoms with E-state index in [0.717, 1.165) is 31.1 Å². The average molecular weight is 211 g/mol. The van der Waals surface area contributed by atoms with Gasteiger partial charge in [-0.2, -0.15) is 0 Å². The summed E-state index contributed by atoms with van der Waals surface area (Å²) >= 11 is 0. The lowest BCUT2D eigenvalue weighted by molar-refractivity contribution is 0.0620. The Balaban J connectivity index is 1.50. The molecule has 0 aromatic heterocycles. The predicted octanol–water partition coefficient (Wildman–Crippen LogP) is 2.58. The van der Waals surface area contributed by atoms with Crippen LogP contribution in [0.1, 0.15) is 45.4 Å². The van der Waals surface area contributed by atoms with Crippen molar-refractivity contribution in [2.24, 2.45) is 11.8 Å². The quantitative estimate of drug-likeness (QED) is 0.729. The van der Waals surface area contributed by atoms with Crippen molar-refractivity contribution < 1.29 is 4.74 Å². The van der Waals surface area contributed by atoms with E-state index in [-0.39, 0.29) is 0 Å². The van der Waals surface area contributed by atoms with Gasteiger partial charge < -0.3 is 10.1 Å². The van der Waals surface area contributed by atoms with Gasteiger partial charge in [-0.25, -0.2) is 0 Å². The van der Waals surface area contributed by atoms with Crippen LogP contribution in [0.25, 0.3) is 0 Å². The van der Waals surface area contributed by atoms with Gasteiger partial charge in [-0.15, -0.1) is 0 Å². The van der Waals surface area contributed by atoms with Crippen molar-refractivity contribution in [2.45, 2.75) is 51.5 Å². The monoisotopic (exact) mass is 211 g/mol. The second-order valence-corrected chi connectivity index (χ2v) is 5.42. The third kappa shape index (κ3) is 4.52. The summed E-state index contributed by atoms with van der Waals surface area (Å²) in [6.45, 7) is 5.61. The zero-order chi connectivity index (χ0) is 10.5. The van der Waals surface area contributed by atoms with Crippen molar-refractivity contribution in [2.75, 3.05) is 19.8 Å². The van der Waals surface area contributed by atoms with E-state index in [0.29, 0.717) is 0 Å². The Kier molecular flexibility index (Phi) is 4.45. The fraction of sp³-hybridized carbons (Fsp3) is 1.00. The Morgan fingerprint density at radius 2 is 1.93 bits per heavy atom. The summed E-state index contributed by atoms with van der Waals surface area (Å²) in [7, 11) is 0. The average Bonchev–Trinajstić information content (AvgIpc) is 3.09. The maximum atomic E-state index is 5.38. The fourth-order valence-electron chi connectivity index (χ4n) is 2.31. The summed E-state index contributed by atoms with van der Waals surface area (Å²) in [4.78, 5) is 0. The molecule has 1 atom stereocenters. The van der Waals surface area contributed by atoms with Gasteiger partial charge in [0, 0.05) is 19.3 Å². The van der Waals surface area contributed by atoms with Gasteiger partial charge in [-0.1, -0.05) is 6.92 Å². The molecule has 2 fully saturated rings. The Labute approximate surface area is 93.8 Å². The molecule has 0 radical (unpaired) electrons. The molecule has 1 aliphatic heterocycles. The Hall–Kier alpha value is -0.0800. The first kappa shape index (κ1) is 11.4. The number of hydrogen-bond acceptors (Lipinski definition) is 2. The molecule has 0 bridgehead atoms. The first-order chi connectivity index (χ1) is 7.34. The van der Waals surface area contributed by atoms with Crippen LogP contribution < -0.4 is 5.32 Å². The fourth-order valence-corrected chi connectivity index (χ4v) is 2.31. The van der Waals surface area contributed by atoms with Crippen LogP contribution in [0.4, 0.5) is 0 Å². The first-order valence-corrected chi connectivity index (χ1v) is 6.65. The molecule has 1 unspecified atom stereocenters. The van der Waals surface area contributed by atoms with Gasteiger partial charge in [0.25, 0.3) is 0 Å². The summed E-state index contributed by atoms with van der Waals surface area (Å²) in [6.07, 6.45) is 8.21. The second kappa shape index (κ2) is 5.86. The highest BCUT2D eigenvalue weighted by molar-refractivity contribution is 4.81. The van der Waals surface area contributed by atoms with Crippen molar-refractivity contribution in [3.63, 3.8) is 0 Å². The van der Waals surface area contributed by atoms with Gasteiger partial charge in [-0.3, -0.25) is 0 Å². The maximum Gasteiger partial charge on any atom is 0.0468 e. The Bertz CT molecular complexity index is 173. The summed E-state index contributed by atoms with van der Waals surface area (Å²) < 4.78 is 5.38. The van der Waals surface area contributed by atoms with E-state index in [2.05, 4.69) is 12.2 Å². The SMILES string of the molecule is CC(CCC1CCOCC1)CNC1CC1. The molecule has 1 N–H and O–H groups in total. The molecule has 2 heteroatoms. The van der Waals surface area contributed by atoms with E-state index in [1.54, 1.807) is 0 Å². The van der Waals surface area contributed by atoms with Crippen LogP contribution in [0.15, 0.2) is 0 Å². The van der Waals surface area contributed by atoms with Gasteiger partial charge in [-0.05, 0) is 56.9 Å². The molecule has 2 aliphatic rings. The number of nitrogens with one attached hydrogen (secondary N) is 1. The number of ether oxygens (including phenoxy) is 1. The zero-order valence-corrected chi connectivity index (χ0v) is 10.0. The van der Waals surface area contributed by atoms with Gasteiger partial charge in [0.2, 0.25) is 0 Å². The summed E-state index contributed by atoms with van der Waals surface area (Å²) in [5.74, 6) is 1.80. The molecule has 2 rings (SSSR count). The largest absolute Gasteiger partial charge is 0.381 e. The lowest BCUT2D eigenvalue weighted by Crippen LogP contribution is -2.24. The topological polar surface area (TPSA) is 21.3 Å². The standard InChI is InChI=1S/C13H25NO/c1-11(10-14-13-4-5-13)2-3-12-6-8-15-9-7-12/h11-14H,2-10H2,1H3. The Morgan fingerprint density at radius 1 is 1.20 bits per heavy atom. The summed E-state index contributed by atoms with van der Waals surface area (Å²) in [6, 6.07) is 0.871. The van der Waals surface area contributed by atoms with Crippen LogP contribution in [-0.4, -0.2) is 25.8 Å². The second-order valence-electron chi connectivity index (χ2n) is 5.42. The van der Waals surface area contributed by atoms with Crippen molar-refractivity contribution >= 4 is 0 Å². The molecule has 0 spiro atoms. The summed E-state index contributed by atoms with van der Waals surface area (Å²) in [5.41, 5.74) is 0. The molecule has 0 aromatic carbocycles. The highest BCUT2D eigenvalue weighted by atomic mass is 16.5. The van der Waals surface area contributed by atoms with Crippen molar-refractivity contribution in [3.8, 4) is 0 Å². The Morgan fingerprint density at radius 3 is 2.60 bits per heavy atom. The lowest BCUT2D eigenvalue weighted by atomic mass is 9.91. The third-order valence-electron chi connectivity index (χ3n) is 3.74. The number of hydrogen-bond donors (Lipinski definition) is 1. The maximum absolute atomic E-state index is 5.38. The van der Waals surface area contributed by atoms with Gasteiger partial charge in [0.05, 0.1) is 0 Å². The van der Waals surface area contributed by atoms with E-state index in [9.17, 15) is 0 Å². The van der Waals surface area contributed by atoms with Crippen molar-refractivity contribution in [3.05, 3.63) is 0 Å². The molecule has 0 aromatic rings. The summed E-state index contributed by atoms with van der Waals surface area (Å²) in [5, 5.41) is 3.62. The smallest absolute Gasteiger partial charge is 0.0468 e. The highest BCUT2D eigenvalue weighted by Crippen LogP contribution is 2.23. The van der Waals surface area contributed by atoms with Gasteiger partial charge in [0.15, 0.2) is 0 Å². The van der Waals surface area contributed by atoms with Gasteiger partial charge >= 0.3 is 0 Å². The van der Waals surface area contributed by atoms with Crippen LogP contribution in [0.3, 0.4) is 0 Å². The molecule has 88 valence electrons. The minimum atomic E-state index is 0.855. The molecular weight excluding hydrogens is 186 g/mol. The normalized spacial score (nSPS) is 25.4. The van der Waals surface area contributed by atoms with E-state index in [1.807, 2.05) is 0 Å². The lowest BCUT2D eigenvalue weighted by Gasteiger charge is -2.23. The predicted molar refractivity (Wildman–Crippen MR) is 63.0 cm³/mol. The van der Waals surface area contributed by atoms with Crippen molar-refractivity contribution in [1.82, 2.24) is 5.32 Å². The molecule has 2 nitrogen and oxygen atoms in total. The molecule has 1 heterocycles. The third-order valence-corrected chi connectivity index (χ3v) is 3.74. The van der Waals surface area contributed by atoms with Crippen molar-refractivity contribution in [1.29, 1.82) is 0 Å². The van der Waals surface area contributed by atoms with Crippen LogP contribution >= 0.6 is 0 Å². The van der Waals surface area contributed by atoms with E-state index in [1.165, 1.54) is 45.1 Å². The molecule has 0 amide bonds. The van der Waals surface area contributed by atoms with Gasteiger partial charge in [0.1, 0.15) is 0 Å². The molecular formula is C13H25NO. The zero-order valence-electron chi connectivity index (χ0n) is 10.0. The van der Waals surface area contributed by atoms with Crippen LogP contribution in [0.2, 0.25) is 0 Å². The minimum Gasteiger partial charge on any atom is -0.381 e. The number of rotatable bonds is 6. The first-order valence-electron chi connectivity index (χ1n) is 6.65. The highest BCUT2D eigenvalue weighted by Gasteiger charge is 2.21. The molecule has 15 heavy (non-hydrogen) atoms. The molecule has 1 saturated heterocycles. The minimum absolute atomic E-state index is 0.855. The molecule has 1 aliphatic carbocycles. The van der Waals surface area contributed by atoms with Crippen LogP contribution in [0, 0.1) is 11.8 Å². The van der Waals surface area contributed by atoms with E-state index in [4.69, 9.17) is 4.74 Å². The van der Waals surface area contributed by atoms with E-state index >= 15 is 0 Å². The molecule has 1 saturated carbocycles. The van der Waals surface area contributed by atoms with Crippen LogP contribution in [0.5, 0.6) is 0 Å². The van der Waals surface area contributed by atoms with Crippen LogP contribution in [-0.2, 0) is 4.74 Å².